The van der Waals surface area contributed by atoms with Crippen molar-refractivity contribution in [2.75, 3.05) is 33.4 Å². The molecule has 0 fully saturated rings. The normalized spacial score (nSPS) is 20.4. The fourth-order valence-electron chi connectivity index (χ4n) is 2.37. The van der Waals surface area contributed by atoms with Gasteiger partial charge in [0.2, 0.25) is 10.0 Å². The maximum absolute atomic E-state index is 12.7. The van der Waals surface area contributed by atoms with E-state index in [1.807, 2.05) is 0 Å². The van der Waals surface area contributed by atoms with Crippen LogP contribution in [-0.2, 0) is 29.5 Å². The lowest BCUT2D eigenvalue weighted by atomic mass is 10.2. The molecular weight excluding hydrogens is 400 g/mol. The number of primary sulfonamides is 1. The molecule has 24 heavy (non-hydrogen) atoms. The molecule has 1 aliphatic heterocycles. The van der Waals surface area contributed by atoms with Crippen molar-refractivity contribution in [1.29, 1.82) is 0 Å². The monoisotopic (exact) mass is 420 g/mol. The van der Waals surface area contributed by atoms with Crippen molar-refractivity contribution in [2.24, 2.45) is 5.14 Å². The topological polar surface area (TPSA) is 116 Å². The first-order chi connectivity index (χ1) is 10.7. The highest BCUT2D eigenvalue weighted by Gasteiger charge is 2.40. The summed E-state index contributed by atoms with van der Waals surface area (Å²) in [6, 6.07) is 1.31. The summed E-state index contributed by atoms with van der Waals surface area (Å²) in [5.74, 6) is 0. The van der Waals surface area contributed by atoms with Gasteiger partial charge in [0.1, 0.15) is 8.42 Å². The van der Waals surface area contributed by atoms with Gasteiger partial charge >= 0.3 is 0 Å². The highest BCUT2D eigenvalue weighted by atomic mass is 35.5. The number of hydrogen-bond donors (Lipinski definition) is 1. The van der Waals surface area contributed by atoms with Gasteiger partial charge in [0.05, 0.1) is 6.10 Å². The van der Waals surface area contributed by atoms with Crippen LogP contribution in [0.25, 0.3) is 0 Å². The molecule has 0 bridgehead atoms. The van der Waals surface area contributed by atoms with Crippen LogP contribution in [0.2, 0.25) is 0 Å². The first-order valence-corrected chi connectivity index (χ1v) is 10.8. The molecule has 0 saturated carbocycles. The predicted octanol–water partition coefficient (Wildman–Crippen LogP) is 0.936. The van der Waals surface area contributed by atoms with Crippen molar-refractivity contribution in [3.63, 3.8) is 0 Å². The molecule has 0 aliphatic carbocycles. The van der Waals surface area contributed by atoms with Crippen LogP contribution in [-0.4, -0.2) is 54.6 Å². The molecule has 1 aromatic rings. The first-order valence-electron chi connectivity index (χ1n) is 6.99. The van der Waals surface area contributed by atoms with Gasteiger partial charge in [-0.25, -0.2) is 22.0 Å². The minimum absolute atomic E-state index is 0. The Hall–Kier alpha value is -0.270. The fourth-order valence-corrected chi connectivity index (χ4v) is 6.64. The van der Waals surface area contributed by atoms with Gasteiger partial charge in [0, 0.05) is 39.0 Å². The van der Waals surface area contributed by atoms with Gasteiger partial charge in [-0.3, -0.25) is 0 Å². The van der Waals surface area contributed by atoms with Gasteiger partial charge in [-0.2, -0.15) is 4.31 Å². The van der Waals surface area contributed by atoms with Crippen LogP contribution in [0.5, 0.6) is 0 Å². The lowest BCUT2D eigenvalue weighted by Crippen LogP contribution is -2.40. The average molecular weight is 421 g/mol. The lowest BCUT2D eigenvalue weighted by Gasteiger charge is -2.31. The Morgan fingerprint density at radius 2 is 2.12 bits per heavy atom. The Morgan fingerprint density at radius 1 is 1.46 bits per heavy atom. The molecule has 2 heterocycles. The maximum atomic E-state index is 12.7. The summed E-state index contributed by atoms with van der Waals surface area (Å²) in [4.78, 5) is 0. The third kappa shape index (κ3) is 4.47. The van der Waals surface area contributed by atoms with Crippen LogP contribution in [0.4, 0.5) is 0 Å². The summed E-state index contributed by atoms with van der Waals surface area (Å²) in [7, 11) is -6.18. The summed E-state index contributed by atoms with van der Waals surface area (Å²) < 4.78 is 60.1. The zero-order valence-electron chi connectivity index (χ0n) is 13.3. The smallest absolute Gasteiger partial charge is 0.253 e. The number of nitrogens with two attached hydrogens (primary N) is 1. The molecule has 0 saturated heterocycles. The summed E-state index contributed by atoms with van der Waals surface area (Å²) >= 11 is 0.668. The molecule has 2 rings (SSSR count). The first kappa shape index (κ1) is 21.8. The SMILES string of the molecule is CCO[C@H]1CN(CCCOC)S(=O)(=O)c2sc(S(N)(=O)=O)cc21.Cl. The quantitative estimate of drug-likeness (QED) is 0.656. The number of ether oxygens (including phenoxy) is 2. The number of fused-ring (bicyclic) bond motifs is 1. The van der Waals surface area contributed by atoms with E-state index in [0.717, 1.165) is 0 Å². The van der Waals surface area contributed by atoms with E-state index < -0.39 is 26.2 Å². The number of sulfonamides is 2. The van der Waals surface area contributed by atoms with E-state index in [4.69, 9.17) is 14.6 Å². The summed E-state index contributed by atoms with van der Waals surface area (Å²) in [5.41, 5.74) is 0.365. The van der Waals surface area contributed by atoms with Crippen molar-refractivity contribution in [2.45, 2.75) is 27.9 Å². The van der Waals surface area contributed by atoms with Crippen LogP contribution < -0.4 is 5.14 Å². The molecule has 0 amide bonds. The number of hydrogen-bond acceptors (Lipinski definition) is 7. The Morgan fingerprint density at radius 3 is 2.67 bits per heavy atom. The molecule has 12 heteroatoms. The summed E-state index contributed by atoms with van der Waals surface area (Å²) in [5, 5.41) is 5.13. The maximum Gasteiger partial charge on any atom is 0.253 e. The predicted molar refractivity (Wildman–Crippen MR) is 92.6 cm³/mol. The third-order valence-corrected chi connectivity index (χ3v) is 8.36. The lowest BCUT2D eigenvalue weighted by molar-refractivity contribution is 0.0423. The number of nitrogens with zero attached hydrogens (tertiary/aromatic N) is 1. The molecule has 1 aliphatic rings. The third-order valence-electron chi connectivity index (χ3n) is 3.40. The molecule has 8 nitrogen and oxygen atoms in total. The molecular formula is C12H21ClN2O6S3. The average Bonchev–Trinajstić information content (AvgIpc) is 2.90. The molecule has 0 spiro atoms. The van der Waals surface area contributed by atoms with Gasteiger partial charge in [0.15, 0.2) is 0 Å². The number of thiophene rings is 1. The minimum Gasteiger partial charge on any atom is -0.385 e. The van der Waals surface area contributed by atoms with Crippen LogP contribution >= 0.6 is 23.7 Å². The van der Waals surface area contributed by atoms with Gasteiger partial charge < -0.3 is 9.47 Å². The summed E-state index contributed by atoms with van der Waals surface area (Å²) in [6.07, 6.45) is 0.0324. The zero-order chi connectivity index (χ0) is 17.3. The van der Waals surface area contributed by atoms with Gasteiger partial charge in [-0.15, -0.1) is 23.7 Å². The molecule has 140 valence electrons. The number of halogens is 1. The van der Waals surface area contributed by atoms with Crippen molar-refractivity contribution >= 4 is 43.8 Å². The van der Waals surface area contributed by atoms with E-state index in [9.17, 15) is 16.8 Å². The van der Waals surface area contributed by atoms with Gasteiger partial charge in [-0.1, -0.05) is 0 Å². The van der Waals surface area contributed by atoms with Crippen molar-refractivity contribution in [3.05, 3.63) is 11.6 Å². The second-order valence-corrected chi connectivity index (χ2v) is 9.98. The van der Waals surface area contributed by atoms with Crippen molar-refractivity contribution < 1.29 is 26.3 Å². The number of methoxy groups -OCH3 is 1. The molecule has 1 atom stereocenters. The van der Waals surface area contributed by atoms with Crippen LogP contribution in [0.1, 0.15) is 25.0 Å². The van der Waals surface area contributed by atoms with Crippen molar-refractivity contribution in [1.82, 2.24) is 4.31 Å². The van der Waals surface area contributed by atoms with Gasteiger partial charge in [0.25, 0.3) is 10.0 Å². The second-order valence-electron chi connectivity index (χ2n) is 5.01. The van der Waals surface area contributed by atoms with E-state index in [1.165, 1.54) is 10.4 Å². The molecule has 0 aromatic carbocycles. The Balaban J connectivity index is 0.00000288. The van der Waals surface area contributed by atoms with Crippen LogP contribution in [0.3, 0.4) is 0 Å². The van der Waals surface area contributed by atoms with E-state index in [-0.39, 0.29) is 33.9 Å². The van der Waals surface area contributed by atoms with Gasteiger partial charge in [-0.05, 0) is 19.4 Å². The highest BCUT2D eigenvalue weighted by molar-refractivity contribution is 7.94. The van der Waals surface area contributed by atoms with Crippen molar-refractivity contribution in [3.8, 4) is 0 Å². The second kappa shape index (κ2) is 8.41. The largest absolute Gasteiger partial charge is 0.385 e. The molecule has 0 unspecified atom stereocenters. The van der Waals surface area contributed by atoms with Crippen LogP contribution in [0.15, 0.2) is 14.5 Å². The van der Waals surface area contributed by atoms with E-state index in [1.54, 1.807) is 14.0 Å². The van der Waals surface area contributed by atoms with E-state index >= 15 is 0 Å². The Labute approximate surface area is 152 Å². The Bertz CT molecular complexity index is 762. The van der Waals surface area contributed by atoms with E-state index in [2.05, 4.69) is 0 Å². The summed E-state index contributed by atoms with van der Waals surface area (Å²) in [6.45, 7) is 3.04. The molecule has 0 radical (unpaired) electrons. The molecule has 1 aromatic heterocycles. The highest BCUT2D eigenvalue weighted by Crippen LogP contribution is 2.41. The standard InChI is InChI=1S/C12H20N2O6S3.ClH/c1-3-20-10-8-14(5-4-6-19-2)23(17,18)12-9(10)7-11(21-12)22(13,15)16;/h7,10H,3-6,8H2,1-2H3,(H2,13,15,16);1H/t10-;/m0./s1. The minimum atomic E-state index is -3.96. The Kier molecular flexibility index (Phi) is 7.63. The molecule has 2 N–H and O–H groups in total. The van der Waals surface area contributed by atoms with Crippen LogP contribution in [0, 0.1) is 0 Å². The fraction of sp³-hybridized carbons (Fsp3) is 0.667. The van der Waals surface area contributed by atoms with E-state index in [0.29, 0.717) is 36.5 Å². The zero-order valence-corrected chi connectivity index (χ0v) is 16.6. The number of rotatable bonds is 7.